The van der Waals surface area contributed by atoms with Gasteiger partial charge in [0.05, 0.1) is 11.8 Å². The van der Waals surface area contributed by atoms with Crippen LogP contribution in [0.5, 0.6) is 0 Å². The van der Waals surface area contributed by atoms with Gasteiger partial charge in [-0.25, -0.2) is 4.79 Å². The molecule has 7 nitrogen and oxygen atoms in total. The van der Waals surface area contributed by atoms with E-state index in [0.717, 1.165) is 51.4 Å². The van der Waals surface area contributed by atoms with E-state index in [9.17, 15) is 14.4 Å². The van der Waals surface area contributed by atoms with Crippen molar-refractivity contribution < 1.29 is 34.3 Å². The van der Waals surface area contributed by atoms with E-state index in [-0.39, 0.29) is 23.8 Å². The highest BCUT2D eigenvalue weighted by atomic mass is 16.6. The molecule has 3 fully saturated rings. The minimum Gasteiger partial charge on any atom is -0.458 e. The Bertz CT molecular complexity index is 567. The van der Waals surface area contributed by atoms with Gasteiger partial charge >= 0.3 is 17.9 Å². The zero-order valence-corrected chi connectivity index (χ0v) is 16.9. The van der Waals surface area contributed by atoms with Crippen LogP contribution in [-0.4, -0.2) is 42.3 Å². The van der Waals surface area contributed by atoms with Crippen LogP contribution in [0.4, 0.5) is 0 Å². The van der Waals surface area contributed by atoms with Crippen molar-refractivity contribution >= 4 is 17.9 Å². The van der Waals surface area contributed by atoms with Crippen LogP contribution in [0, 0.1) is 11.8 Å². The molecule has 2 aliphatic carbocycles. The monoisotopic (exact) mass is 396 g/mol. The molecular weight excluding hydrogens is 362 g/mol. The smallest absolute Gasteiger partial charge is 0.365 e. The molecule has 0 aromatic carbocycles. The molecule has 0 radical (unpaired) electrons. The fourth-order valence-electron chi connectivity index (χ4n) is 4.59. The number of cyclic esters (lactones) is 1. The van der Waals surface area contributed by atoms with Gasteiger partial charge < -0.3 is 19.9 Å². The molecule has 2 saturated carbocycles. The SMILES string of the molecule is C[C@@H]1OC(=O)[C@@H]([NH3+])CCC[C@H](OC(=O)C2CCCC2)[C@H]1OC(=O)C1CCCC1. The number of quaternary nitrogens is 1. The van der Waals surface area contributed by atoms with Crippen LogP contribution in [-0.2, 0) is 28.6 Å². The Kier molecular flexibility index (Phi) is 7.32. The summed E-state index contributed by atoms with van der Waals surface area (Å²) >= 11 is 0. The van der Waals surface area contributed by atoms with Crippen LogP contribution in [0.15, 0.2) is 0 Å². The third-order valence-corrected chi connectivity index (χ3v) is 6.40. The van der Waals surface area contributed by atoms with E-state index in [0.29, 0.717) is 19.3 Å². The molecular formula is C21H34NO6+. The standard InChI is InChI=1S/C21H33NO6/c1-13-18(28-20(24)15-9-4-5-10-15)17(12-6-11-16(22)21(25)26-13)27-19(23)14-7-2-3-8-14/h13-18H,2-12,22H2,1H3/p+1/t13-,16-,17-,18-/m0/s1. The highest BCUT2D eigenvalue weighted by Gasteiger charge is 2.40. The minimum absolute atomic E-state index is 0.0720. The van der Waals surface area contributed by atoms with E-state index < -0.39 is 30.3 Å². The zero-order valence-electron chi connectivity index (χ0n) is 16.9. The highest BCUT2D eigenvalue weighted by molar-refractivity contribution is 5.75. The van der Waals surface area contributed by atoms with Crippen LogP contribution < -0.4 is 5.73 Å². The van der Waals surface area contributed by atoms with Crippen molar-refractivity contribution in [2.75, 3.05) is 0 Å². The number of hydrogen-bond donors (Lipinski definition) is 1. The molecule has 0 aromatic rings. The van der Waals surface area contributed by atoms with Crippen molar-refractivity contribution in [3.63, 3.8) is 0 Å². The van der Waals surface area contributed by atoms with Gasteiger partial charge in [-0.1, -0.05) is 25.7 Å². The summed E-state index contributed by atoms with van der Waals surface area (Å²) in [5.74, 6) is -1.05. The number of rotatable bonds is 4. The summed E-state index contributed by atoms with van der Waals surface area (Å²) in [5, 5.41) is 0. The van der Waals surface area contributed by atoms with Crippen LogP contribution in [0.2, 0.25) is 0 Å². The first-order valence-electron chi connectivity index (χ1n) is 10.9. The first kappa shape index (κ1) is 21.1. The Morgan fingerprint density at radius 1 is 0.857 bits per heavy atom. The van der Waals surface area contributed by atoms with Crippen LogP contribution in [0.25, 0.3) is 0 Å². The van der Waals surface area contributed by atoms with Gasteiger partial charge in [0.1, 0.15) is 12.2 Å². The van der Waals surface area contributed by atoms with E-state index in [1.165, 1.54) is 0 Å². The molecule has 1 heterocycles. The molecule has 0 unspecified atom stereocenters. The van der Waals surface area contributed by atoms with Gasteiger partial charge in [0, 0.05) is 6.42 Å². The van der Waals surface area contributed by atoms with Gasteiger partial charge in [-0.05, 0) is 45.4 Å². The van der Waals surface area contributed by atoms with E-state index in [1.807, 2.05) is 0 Å². The average molecular weight is 397 g/mol. The van der Waals surface area contributed by atoms with Crippen molar-refractivity contribution in [1.29, 1.82) is 0 Å². The Morgan fingerprint density at radius 3 is 1.96 bits per heavy atom. The van der Waals surface area contributed by atoms with Crippen molar-refractivity contribution in [3.8, 4) is 0 Å². The molecule has 0 aromatic heterocycles. The summed E-state index contributed by atoms with van der Waals surface area (Å²) in [7, 11) is 0. The predicted octanol–water partition coefficient (Wildman–Crippen LogP) is 1.92. The Morgan fingerprint density at radius 2 is 1.39 bits per heavy atom. The second kappa shape index (κ2) is 9.72. The van der Waals surface area contributed by atoms with Gasteiger partial charge in [-0.3, -0.25) is 9.59 Å². The minimum atomic E-state index is -0.771. The Balaban J connectivity index is 1.74. The summed E-state index contributed by atoms with van der Waals surface area (Å²) in [6, 6.07) is -0.460. The molecule has 158 valence electrons. The zero-order chi connectivity index (χ0) is 20.1. The molecule has 3 rings (SSSR count). The number of ether oxygens (including phenoxy) is 3. The number of carbonyl (C=O) groups excluding carboxylic acids is 3. The fraction of sp³-hybridized carbons (Fsp3) is 0.857. The second-order valence-electron chi connectivity index (χ2n) is 8.61. The normalized spacial score (nSPS) is 32.9. The maximum Gasteiger partial charge on any atom is 0.365 e. The maximum absolute atomic E-state index is 12.7. The molecule has 7 heteroatoms. The first-order chi connectivity index (χ1) is 13.5. The Labute approximate surface area is 166 Å². The van der Waals surface area contributed by atoms with Gasteiger partial charge in [0.2, 0.25) is 0 Å². The van der Waals surface area contributed by atoms with Gasteiger partial charge in [0.15, 0.2) is 12.1 Å². The van der Waals surface area contributed by atoms with Crippen LogP contribution in [0.3, 0.4) is 0 Å². The van der Waals surface area contributed by atoms with E-state index in [1.54, 1.807) is 6.92 Å². The molecule has 0 amide bonds. The second-order valence-corrected chi connectivity index (χ2v) is 8.61. The van der Waals surface area contributed by atoms with Gasteiger partial charge in [-0.15, -0.1) is 0 Å². The molecule has 4 atom stereocenters. The van der Waals surface area contributed by atoms with Crippen LogP contribution in [0.1, 0.15) is 77.6 Å². The van der Waals surface area contributed by atoms with Gasteiger partial charge in [-0.2, -0.15) is 0 Å². The lowest BCUT2D eigenvalue weighted by molar-refractivity contribution is -0.410. The van der Waals surface area contributed by atoms with Crippen molar-refractivity contribution in [2.45, 2.75) is 102 Å². The fourth-order valence-corrected chi connectivity index (χ4v) is 4.59. The molecule has 3 aliphatic rings. The lowest BCUT2D eigenvalue weighted by Gasteiger charge is -2.31. The summed E-state index contributed by atoms with van der Waals surface area (Å²) in [4.78, 5) is 37.5. The Hall–Kier alpha value is -1.63. The molecule has 28 heavy (non-hydrogen) atoms. The lowest BCUT2D eigenvalue weighted by Crippen LogP contribution is -2.65. The number of carbonyl (C=O) groups is 3. The average Bonchev–Trinajstić information content (AvgIpc) is 3.38. The summed E-state index contributed by atoms with van der Waals surface area (Å²) in [6.07, 6.45) is 7.21. The molecule has 0 bridgehead atoms. The third-order valence-electron chi connectivity index (χ3n) is 6.40. The van der Waals surface area contributed by atoms with E-state index >= 15 is 0 Å². The van der Waals surface area contributed by atoms with Crippen LogP contribution >= 0.6 is 0 Å². The van der Waals surface area contributed by atoms with Crippen molar-refractivity contribution in [1.82, 2.24) is 0 Å². The lowest BCUT2D eigenvalue weighted by atomic mass is 10.0. The van der Waals surface area contributed by atoms with E-state index in [2.05, 4.69) is 5.73 Å². The molecule has 1 aliphatic heterocycles. The summed E-state index contributed by atoms with van der Waals surface area (Å²) in [6.45, 7) is 1.71. The predicted molar refractivity (Wildman–Crippen MR) is 99.8 cm³/mol. The van der Waals surface area contributed by atoms with E-state index in [4.69, 9.17) is 14.2 Å². The maximum atomic E-state index is 12.7. The van der Waals surface area contributed by atoms with Crippen molar-refractivity contribution in [2.24, 2.45) is 11.8 Å². The van der Waals surface area contributed by atoms with Crippen molar-refractivity contribution in [3.05, 3.63) is 0 Å². The first-order valence-corrected chi connectivity index (χ1v) is 10.9. The summed E-state index contributed by atoms with van der Waals surface area (Å²) in [5.41, 5.74) is 3.86. The third kappa shape index (κ3) is 5.25. The molecule has 3 N–H and O–H groups in total. The highest BCUT2D eigenvalue weighted by Crippen LogP contribution is 2.30. The quantitative estimate of drug-likeness (QED) is 0.575. The summed E-state index contributed by atoms with van der Waals surface area (Å²) < 4.78 is 17.2. The number of hydrogen-bond acceptors (Lipinski definition) is 6. The largest absolute Gasteiger partial charge is 0.458 e. The topological polar surface area (TPSA) is 107 Å². The molecule has 1 saturated heterocycles. The molecule has 0 spiro atoms. The number of esters is 3. The van der Waals surface area contributed by atoms with Gasteiger partial charge in [0.25, 0.3) is 0 Å².